The number of hydrogen-bond donors (Lipinski definition) is 2. The van der Waals surface area contributed by atoms with Crippen LogP contribution in [0.3, 0.4) is 0 Å². The average molecular weight is 349 g/mol. The molecule has 2 N–H and O–H groups in total. The molecule has 6 heteroatoms. The number of aromatic amines is 1. The lowest BCUT2D eigenvalue weighted by molar-refractivity contribution is 0.102. The third-order valence-electron chi connectivity index (χ3n) is 4.07. The van der Waals surface area contributed by atoms with Gasteiger partial charge in [-0.05, 0) is 48.0 Å². The third kappa shape index (κ3) is 2.93. The minimum Gasteiger partial charge on any atom is -0.305 e. The Morgan fingerprint density at radius 3 is 2.58 bits per heavy atom. The number of amides is 1. The number of anilines is 1. The van der Waals surface area contributed by atoms with Crippen LogP contribution in [0, 0.1) is 11.6 Å². The van der Waals surface area contributed by atoms with Crippen molar-refractivity contribution in [3.05, 3.63) is 83.9 Å². The monoisotopic (exact) mass is 349 g/mol. The second kappa shape index (κ2) is 6.40. The van der Waals surface area contributed by atoms with Crippen LogP contribution in [-0.4, -0.2) is 16.1 Å². The number of fused-ring (bicyclic) bond motifs is 1. The number of halogens is 2. The number of aromatic nitrogens is 2. The highest BCUT2D eigenvalue weighted by molar-refractivity contribution is 6.08. The first-order chi connectivity index (χ1) is 12.6. The molecule has 0 aliphatic carbocycles. The van der Waals surface area contributed by atoms with Crippen molar-refractivity contribution in [3.8, 4) is 11.1 Å². The van der Waals surface area contributed by atoms with E-state index >= 15 is 0 Å². The van der Waals surface area contributed by atoms with Gasteiger partial charge in [-0.15, -0.1) is 0 Å². The molecule has 4 rings (SSSR count). The first-order valence-electron chi connectivity index (χ1n) is 7.92. The predicted molar refractivity (Wildman–Crippen MR) is 95.8 cm³/mol. The summed E-state index contributed by atoms with van der Waals surface area (Å²) < 4.78 is 27.4. The van der Waals surface area contributed by atoms with E-state index in [-0.39, 0.29) is 11.5 Å². The number of carbonyl (C=O) groups excluding carboxylic acids is 1. The molecule has 0 aliphatic heterocycles. The van der Waals surface area contributed by atoms with E-state index < -0.39 is 11.6 Å². The molecule has 0 aliphatic rings. The smallest absolute Gasteiger partial charge is 0.256 e. The Labute approximate surface area is 147 Å². The summed E-state index contributed by atoms with van der Waals surface area (Å²) in [5, 5.41) is 10.3. The zero-order valence-electron chi connectivity index (χ0n) is 13.5. The fourth-order valence-corrected chi connectivity index (χ4v) is 2.77. The molecule has 1 aromatic heterocycles. The number of nitrogens with one attached hydrogen (secondary N) is 2. The van der Waals surface area contributed by atoms with Gasteiger partial charge in [-0.1, -0.05) is 24.3 Å². The number of hydrogen-bond acceptors (Lipinski definition) is 2. The van der Waals surface area contributed by atoms with Gasteiger partial charge in [0.1, 0.15) is 11.6 Å². The van der Waals surface area contributed by atoms with E-state index in [1.165, 1.54) is 0 Å². The van der Waals surface area contributed by atoms with Gasteiger partial charge in [0.05, 0.1) is 5.52 Å². The highest BCUT2D eigenvalue weighted by Gasteiger charge is 2.13. The van der Waals surface area contributed by atoms with E-state index in [0.717, 1.165) is 18.2 Å². The Morgan fingerprint density at radius 2 is 1.77 bits per heavy atom. The van der Waals surface area contributed by atoms with E-state index in [1.54, 1.807) is 42.5 Å². The van der Waals surface area contributed by atoms with E-state index in [4.69, 9.17) is 0 Å². The molecule has 1 amide bonds. The SMILES string of the molecule is O=C(Nc1n[nH]c2cc(-c3cc(F)ccc3F)ccc12)c1ccccc1. The molecule has 0 spiro atoms. The van der Waals surface area contributed by atoms with Gasteiger partial charge >= 0.3 is 0 Å². The molecule has 0 fully saturated rings. The van der Waals surface area contributed by atoms with Crippen molar-refractivity contribution in [2.24, 2.45) is 0 Å². The van der Waals surface area contributed by atoms with E-state index in [0.29, 0.717) is 27.8 Å². The summed E-state index contributed by atoms with van der Waals surface area (Å²) in [6.07, 6.45) is 0. The highest BCUT2D eigenvalue weighted by atomic mass is 19.1. The number of rotatable bonds is 3. The lowest BCUT2D eigenvalue weighted by atomic mass is 10.0. The van der Waals surface area contributed by atoms with Crippen LogP contribution < -0.4 is 5.32 Å². The normalized spacial score (nSPS) is 10.8. The van der Waals surface area contributed by atoms with Crippen LogP contribution in [0.1, 0.15) is 10.4 Å². The maximum atomic E-state index is 14.0. The molecule has 0 unspecified atom stereocenters. The molecular weight excluding hydrogens is 336 g/mol. The zero-order chi connectivity index (χ0) is 18.1. The van der Waals surface area contributed by atoms with Crippen molar-refractivity contribution in [1.82, 2.24) is 10.2 Å². The van der Waals surface area contributed by atoms with E-state index in [9.17, 15) is 13.6 Å². The van der Waals surface area contributed by atoms with Gasteiger partial charge in [-0.2, -0.15) is 5.10 Å². The van der Waals surface area contributed by atoms with Crippen LogP contribution >= 0.6 is 0 Å². The molecule has 4 aromatic rings. The van der Waals surface area contributed by atoms with Crippen molar-refractivity contribution in [2.45, 2.75) is 0 Å². The van der Waals surface area contributed by atoms with Gasteiger partial charge in [-0.25, -0.2) is 8.78 Å². The summed E-state index contributed by atoms with van der Waals surface area (Å²) in [6, 6.07) is 17.1. The van der Waals surface area contributed by atoms with Crippen molar-refractivity contribution in [3.63, 3.8) is 0 Å². The third-order valence-corrected chi connectivity index (χ3v) is 4.07. The van der Waals surface area contributed by atoms with Gasteiger partial charge in [0.2, 0.25) is 0 Å². The number of H-pyrrole nitrogens is 1. The molecule has 4 nitrogen and oxygen atoms in total. The molecule has 0 atom stereocenters. The lowest BCUT2D eigenvalue weighted by Gasteiger charge is -2.05. The van der Waals surface area contributed by atoms with Crippen LogP contribution in [0.5, 0.6) is 0 Å². The van der Waals surface area contributed by atoms with Crippen molar-refractivity contribution in [2.75, 3.05) is 5.32 Å². The maximum absolute atomic E-state index is 14.0. The van der Waals surface area contributed by atoms with Crippen LogP contribution in [0.15, 0.2) is 66.7 Å². The van der Waals surface area contributed by atoms with E-state index in [2.05, 4.69) is 15.5 Å². The topological polar surface area (TPSA) is 57.8 Å². The molecule has 26 heavy (non-hydrogen) atoms. The van der Waals surface area contributed by atoms with Crippen LogP contribution in [0.25, 0.3) is 22.0 Å². The first kappa shape index (κ1) is 16.0. The van der Waals surface area contributed by atoms with Crippen molar-refractivity contribution < 1.29 is 13.6 Å². The number of nitrogens with zero attached hydrogens (tertiary/aromatic N) is 1. The van der Waals surface area contributed by atoms with Crippen LogP contribution in [0.4, 0.5) is 14.6 Å². The summed E-state index contributed by atoms with van der Waals surface area (Å²) in [5.74, 6) is -0.927. The largest absolute Gasteiger partial charge is 0.305 e. The Kier molecular flexibility index (Phi) is 3.93. The van der Waals surface area contributed by atoms with Crippen LogP contribution in [0.2, 0.25) is 0 Å². The van der Waals surface area contributed by atoms with Gasteiger partial charge in [0, 0.05) is 16.5 Å². The highest BCUT2D eigenvalue weighted by Crippen LogP contribution is 2.29. The molecule has 0 saturated carbocycles. The summed E-state index contributed by atoms with van der Waals surface area (Å²) in [4.78, 5) is 12.3. The lowest BCUT2D eigenvalue weighted by Crippen LogP contribution is -2.12. The van der Waals surface area contributed by atoms with Gasteiger partial charge in [0.15, 0.2) is 5.82 Å². The molecule has 0 bridgehead atoms. The molecule has 128 valence electrons. The van der Waals surface area contributed by atoms with Crippen LogP contribution in [-0.2, 0) is 0 Å². The minimum atomic E-state index is -0.512. The summed E-state index contributed by atoms with van der Waals surface area (Å²) >= 11 is 0. The molecule has 0 radical (unpaired) electrons. The number of benzene rings is 3. The second-order valence-corrected chi connectivity index (χ2v) is 5.78. The second-order valence-electron chi connectivity index (χ2n) is 5.78. The zero-order valence-corrected chi connectivity index (χ0v) is 13.5. The maximum Gasteiger partial charge on any atom is 0.256 e. The van der Waals surface area contributed by atoms with Crippen molar-refractivity contribution >= 4 is 22.6 Å². The standard InChI is InChI=1S/C20H13F2N3O/c21-14-7-9-17(22)16(11-14)13-6-8-15-18(10-13)24-25-19(15)23-20(26)12-4-2-1-3-5-12/h1-11H,(H2,23,24,25,26). The van der Waals surface area contributed by atoms with Gasteiger partial charge < -0.3 is 5.32 Å². The Morgan fingerprint density at radius 1 is 0.962 bits per heavy atom. The average Bonchev–Trinajstić information content (AvgIpc) is 3.06. The van der Waals surface area contributed by atoms with Gasteiger partial charge in [0.25, 0.3) is 5.91 Å². The Balaban J connectivity index is 1.68. The van der Waals surface area contributed by atoms with E-state index in [1.807, 2.05) is 6.07 Å². The van der Waals surface area contributed by atoms with Gasteiger partial charge in [-0.3, -0.25) is 9.89 Å². The summed E-state index contributed by atoms with van der Waals surface area (Å²) in [5.41, 5.74) is 1.80. The Bertz CT molecular complexity index is 1110. The summed E-state index contributed by atoms with van der Waals surface area (Å²) in [7, 11) is 0. The fourth-order valence-electron chi connectivity index (χ4n) is 2.77. The first-order valence-corrected chi connectivity index (χ1v) is 7.92. The molecule has 0 saturated heterocycles. The number of carbonyl (C=O) groups is 1. The van der Waals surface area contributed by atoms with Crippen molar-refractivity contribution in [1.29, 1.82) is 0 Å². The molecule has 3 aromatic carbocycles. The molecular formula is C20H13F2N3O. The summed E-state index contributed by atoms with van der Waals surface area (Å²) in [6.45, 7) is 0. The quantitative estimate of drug-likeness (QED) is 0.560. The molecule has 1 heterocycles. The Hall–Kier alpha value is -3.54. The fraction of sp³-hybridized carbons (Fsp3) is 0. The predicted octanol–water partition coefficient (Wildman–Crippen LogP) is 4.76. The minimum absolute atomic E-state index is 0.163.